The predicted molar refractivity (Wildman–Crippen MR) is 94.8 cm³/mol. The zero-order valence-corrected chi connectivity index (χ0v) is 14.3. The van der Waals surface area contributed by atoms with Crippen LogP contribution in [-0.4, -0.2) is 31.1 Å². The SMILES string of the molecule is CCOc1ncccc1CNC(=NC)NCCC1=CCCCC1. The average Bonchev–Trinajstić information content (AvgIpc) is 2.60. The van der Waals surface area contributed by atoms with Gasteiger partial charge in [0.2, 0.25) is 5.88 Å². The maximum absolute atomic E-state index is 5.54. The Balaban J connectivity index is 1.77. The molecule has 126 valence electrons. The first-order chi connectivity index (χ1) is 11.3. The summed E-state index contributed by atoms with van der Waals surface area (Å²) in [6.07, 6.45) is 10.4. The van der Waals surface area contributed by atoms with E-state index >= 15 is 0 Å². The number of nitrogens with zero attached hydrogens (tertiary/aromatic N) is 2. The van der Waals surface area contributed by atoms with Crippen molar-refractivity contribution in [2.75, 3.05) is 20.2 Å². The van der Waals surface area contributed by atoms with E-state index in [1.165, 1.54) is 25.7 Å². The molecule has 5 heteroatoms. The number of hydrogen-bond acceptors (Lipinski definition) is 3. The molecule has 1 aromatic heterocycles. The Bertz CT molecular complexity index is 540. The highest BCUT2D eigenvalue weighted by atomic mass is 16.5. The molecule has 1 aliphatic rings. The Kier molecular flexibility index (Phi) is 7.43. The molecular formula is C18H28N4O. The summed E-state index contributed by atoms with van der Waals surface area (Å²) in [7, 11) is 1.79. The van der Waals surface area contributed by atoms with E-state index in [0.29, 0.717) is 19.0 Å². The summed E-state index contributed by atoms with van der Waals surface area (Å²) in [4.78, 5) is 8.54. The first-order valence-corrected chi connectivity index (χ1v) is 8.52. The molecule has 0 spiro atoms. The van der Waals surface area contributed by atoms with E-state index in [9.17, 15) is 0 Å². The number of aliphatic imine (C=N–C) groups is 1. The van der Waals surface area contributed by atoms with E-state index in [-0.39, 0.29) is 0 Å². The zero-order valence-electron chi connectivity index (χ0n) is 14.3. The van der Waals surface area contributed by atoms with Crippen molar-refractivity contribution in [1.29, 1.82) is 0 Å². The fourth-order valence-corrected chi connectivity index (χ4v) is 2.70. The second-order valence-corrected chi connectivity index (χ2v) is 5.61. The highest BCUT2D eigenvalue weighted by Gasteiger charge is 2.06. The quantitative estimate of drug-likeness (QED) is 0.461. The molecular weight excluding hydrogens is 288 g/mol. The minimum Gasteiger partial charge on any atom is -0.478 e. The fourth-order valence-electron chi connectivity index (χ4n) is 2.70. The number of guanidine groups is 1. The van der Waals surface area contributed by atoms with E-state index in [2.05, 4.69) is 26.7 Å². The van der Waals surface area contributed by atoms with Crippen molar-refractivity contribution >= 4 is 5.96 Å². The Morgan fingerprint density at radius 3 is 3.00 bits per heavy atom. The molecule has 2 rings (SSSR count). The van der Waals surface area contributed by atoms with Crippen LogP contribution in [0.2, 0.25) is 0 Å². The standard InChI is InChI=1S/C18H28N4O/c1-3-23-17-16(10-7-12-20-17)14-22-18(19-2)21-13-11-15-8-5-4-6-9-15/h7-8,10,12H,3-6,9,11,13-14H2,1-2H3,(H2,19,21,22). The molecule has 1 aliphatic carbocycles. The largest absolute Gasteiger partial charge is 0.478 e. The molecule has 0 atom stereocenters. The lowest BCUT2D eigenvalue weighted by Crippen LogP contribution is -2.37. The molecule has 0 aliphatic heterocycles. The maximum Gasteiger partial charge on any atom is 0.218 e. The summed E-state index contributed by atoms with van der Waals surface area (Å²) < 4.78 is 5.54. The van der Waals surface area contributed by atoms with Gasteiger partial charge in [-0.3, -0.25) is 4.99 Å². The summed E-state index contributed by atoms with van der Waals surface area (Å²) in [5, 5.41) is 6.70. The molecule has 2 N–H and O–H groups in total. The van der Waals surface area contributed by atoms with Crippen LogP contribution in [0.4, 0.5) is 0 Å². The molecule has 5 nitrogen and oxygen atoms in total. The molecule has 0 radical (unpaired) electrons. The van der Waals surface area contributed by atoms with Crippen LogP contribution in [0.5, 0.6) is 5.88 Å². The van der Waals surface area contributed by atoms with Crippen molar-refractivity contribution in [2.45, 2.75) is 45.6 Å². The van der Waals surface area contributed by atoms with E-state index < -0.39 is 0 Å². The van der Waals surface area contributed by atoms with E-state index in [1.54, 1.807) is 18.8 Å². The van der Waals surface area contributed by atoms with Crippen molar-refractivity contribution < 1.29 is 4.74 Å². The van der Waals surface area contributed by atoms with Gasteiger partial charge >= 0.3 is 0 Å². The van der Waals surface area contributed by atoms with Gasteiger partial charge in [0.15, 0.2) is 5.96 Å². The number of hydrogen-bond donors (Lipinski definition) is 2. The molecule has 23 heavy (non-hydrogen) atoms. The van der Waals surface area contributed by atoms with E-state index in [0.717, 1.165) is 24.5 Å². The van der Waals surface area contributed by atoms with Crippen LogP contribution in [-0.2, 0) is 6.54 Å². The van der Waals surface area contributed by atoms with Crippen LogP contribution in [0.3, 0.4) is 0 Å². The van der Waals surface area contributed by atoms with Crippen molar-refractivity contribution in [3.05, 3.63) is 35.5 Å². The summed E-state index contributed by atoms with van der Waals surface area (Å²) in [5.74, 6) is 1.50. The monoisotopic (exact) mass is 316 g/mol. The Morgan fingerprint density at radius 2 is 2.26 bits per heavy atom. The number of nitrogens with one attached hydrogen (secondary N) is 2. The average molecular weight is 316 g/mol. The highest BCUT2D eigenvalue weighted by Crippen LogP contribution is 2.19. The number of ether oxygens (including phenoxy) is 1. The number of rotatable bonds is 7. The number of aromatic nitrogens is 1. The van der Waals surface area contributed by atoms with Crippen molar-refractivity contribution in [2.24, 2.45) is 4.99 Å². The van der Waals surface area contributed by atoms with Gasteiger partial charge < -0.3 is 15.4 Å². The molecule has 0 fully saturated rings. The number of pyridine rings is 1. The number of allylic oxidation sites excluding steroid dienone is 1. The first kappa shape index (κ1) is 17.3. The molecule has 0 saturated carbocycles. The molecule has 0 bridgehead atoms. The van der Waals surface area contributed by atoms with Crippen LogP contribution in [0.15, 0.2) is 35.0 Å². The van der Waals surface area contributed by atoms with Gasteiger partial charge in [-0.05, 0) is 45.1 Å². The van der Waals surface area contributed by atoms with Crippen LogP contribution in [0, 0.1) is 0 Å². The van der Waals surface area contributed by atoms with Crippen molar-refractivity contribution in [3.8, 4) is 5.88 Å². The normalized spacial score (nSPS) is 15.0. The topological polar surface area (TPSA) is 58.5 Å². The van der Waals surface area contributed by atoms with Crippen LogP contribution in [0.25, 0.3) is 0 Å². The van der Waals surface area contributed by atoms with Gasteiger partial charge in [-0.1, -0.05) is 17.7 Å². The highest BCUT2D eigenvalue weighted by molar-refractivity contribution is 5.79. The van der Waals surface area contributed by atoms with Gasteiger partial charge in [0, 0.05) is 31.9 Å². The first-order valence-electron chi connectivity index (χ1n) is 8.52. The maximum atomic E-state index is 5.54. The summed E-state index contributed by atoms with van der Waals surface area (Å²) in [6, 6.07) is 3.94. The van der Waals surface area contributed by atoms with Gasteiger partial charge in [-0.25, -0.2) is 4.98 Å². The Morgan fingerprint density at radius 1 is 1.35 bits per heavy atom. The lowest BCUT2D eigenvalue weighted by atomic mass is 9.97. The van der Waals surface area contributed by atoms with Crippen LogP contribution < -0.4 is 15.4 Å². The smallest absolute Gasteiger partial charge is 0.218 e. The predicted octanol–water partition coefficient (Wildman–Crippen LogP) is 3.04. The minimum absolute atomic E-state index is 0.617. The summed E-state index contributed by atoms with van der Waals surface area (Å²) >= 11 is 0. The van der Waals surface area contributed by atoms with Gasteiger partial charge in [0.1, 0.15) is 0 Å². The van der Waals surface area contributed by atoms with Crippen molar-refractivity contribution in [1.82, 2.24) is 15.6 Å². The third-order valence-electron chi connectivity index (χ3n) is 3.92. The minimum atomic E-state index is 0.617. The molecule has 0 saturated heterocycles. The molecule has 0 amide bonds. The lowest BCUT2D eigenvalue weighted by Gasteiger charge is -2.16. The molecule has 0 aromatic carbocycles. The zero-order chi connectivity index (χ0) is 16.3. The van der Waals surface area contributed by atoms with Gasteiger partial charge in [-0.2, -0.15) is 0 Å². The Labute approximate surface area is 139 Å². The van der Waals surface area contributed by atoms with Gasteiger partial charge in [-0.15, -0.1) is 0 Å². The molecule has 1 aromatic rings. The summed E-state index contributed by atoms with van der Waals surface area (Å²) in [5.41, 5.74) is 2.61. The molecule has 1 heterocycles. The second-order valence-electron chi connectivity index (χ2n) is 5.61. The van der Waals surface area contributed by atoms with E-state index in [4.69, 9.17) is 4.74 Å². The molecule has 0 unspecified atom stereocenters. The van der Waals surface area contributed by atoms with Gasteiger partial charge in [0.05, 0.1) is 6.61 Å². The summed E-state index contributed by atoms with van der Waals surface area (Å²) in [6.45, 7) is 4.14. The Hall–Kier alpha value is -2.04. The second kappa shape index (κ2) is 9.87. The van der Waals surface area contributed by atoms with Crippen molar-refractivity contribution in [3.63, 3.8) is 0 Å². The lowest BCUT2D eigenvalue weighted by molar-refractivity contribution is 0.322. The van der Waals surface area contributed by atoms with Crippen LogP contribution >= 0.6 is 0 Å². The third-order valence-corrected chi connectivity index (χ3v) is 3.92. The fraction of sp³-hybridized carbons (Fsp3) is 0.556. The van der Waals surface area contributed by atoms with E-state index in [1.807, 2.05) is 19.1 Å². The van der Waals surface area contributed by atoms with Gasteiger partial charge in [0.25, 0.3) is 0 Å². The van der Waals surface area contributed by atoms with Crippen LogP contribution in [0.1, 0.15) is 44.6 Å². The third kappa shape index (κ3) is 5.93.